The van der Waals surface area contributed by atoms with Gasteiger partial charge in [-0.25, -0.2) is 0 Å². The fourth-order valence-corrected chi connectivity index (χ4v) is 3.29. The van der Waals surface area contributed by atoms with Crippen molar-refractivity contribution in [3.8, 4) is 0 Å². The monoisotopic (exact) mass is 312 g/mol. The molecule has 3 aromatic rings. The van der Waals surface area contributed by atoms with Crippen molar-refractivity contribution < 1.29 is 0 Å². The average Bonchev–Trinajstić information content (AvgIpc) is 2.67. The lowest BCUT2D eigenvalue weighted by Gasteiger charge is -2.24. The third-order valence-electron chi connectivity index (χ3n) is 4.73. The number of hydrogen-bond acceptors (Lipinski definition) is 0. The van der Waals surface area contributed by atoms with Crippen LogP contribution in [0.2, 0.25) is 0 Å². The highest BCUT2D eigenvalue weighted by Crippen LogP contribution is 2.38. The molecule has 0 N–H and O–H groups in total. The first-order valence-electron chi connectivity index (χ1n) is 8.60. The molecular weight excluding hydrogens is 288 g/mol. The summed E-state index contributed by atoms with van der Waals surface area (Å²) in [6, 6.07) is 32.1. The Morgan fingerprint density at radius 1 is 0.708 bits per heavy atom. The quantitative estimate of drug-likeness (QED) is 0.476. The molecule has 3 aromatic carbocycles. The van der Waals surface area contributed by atoms with E-state index in [1.807, 2.05) is 0 Å². The van der Waals surface area contributed by atoms with E-state index in [1.54, 1.807) is 0 Å². The summed E-state index contributed by atoms with van der Waals surface area (Å²) in [7, 11) is 0. The summed E-state index contributed by atoms with van der Waals surface area (Å²) in [4.78, 5) is 0. The highest BCUT2D eigenvalue weighted by molar-refractivity contribution is 5.69. The molecule has 0 radical (unpaired) electrons. The van der Waals surface area contributed by atoms with Crippen molar-refractivity contribution in [1.82, 2.24) is 0 Å². The molecule has 0 heteroatoms. The van der Waals surface area contributed by atoms with Crippen LogP contribution in [-0.4, -0.2) is 0 Å². The molecule has 0 saturated carbocycles. The van der Waals surface area contributed by atoms with Gasteiger partial charge in [0.15, 0.2) is 0 Å². The zero-order valence-corrected chi connectivity index (χ0v) is 14.2. The van der Waals surface area contributed by atoms with Crippen molar-refractivity contribution in [2.24, 2.45) is 0 Å². The van der Waals surface area contributed by atoms with Crippen molar-refractivity contribution in [2.45, 2.75) is 25.2 Å². The Morgan fingerprint density at radius 3 is 1.71 bits per heavy atom. The average molecular weight is 312 g/mol. The van der Waals surface area contributed by atoms with E-state index in [1.165, 1.54) is 22.3 Å². The van der Waals surface area contributed by atoms with Crippen LogP contribution >= 0.6 is 0 Å². The van der Waals surface area contributed by atoms with Crippen molar-refractivity contribution in [3.05, 3.63) is 114 Å². The Hall–Kier alpha value is -2.60. The van der Waals surface area contributed by atoms with E-state index in [9.17, 15) is 0 Å². The third-order valence-corrected chi connectivity index (χ3v) is 4.73. The van der Waals surface area contributed by atoms with E-state index in [-0.39, 0.29) is 0 Å². The first-order chi connectivity index (χ1) is 11.8. The van der Waals surface area contributed by atoms with E-state index in [4.69, 9.17) is 0 Å². The Morgan fingerprint density at radius 2 is 1.17 bits per heavy atom. The van der Waals surface area contributed by atoms with Gasteiger partial charge in [0.2, 0.25) is 0 Å². The largest absolute Gasteiger partial charge is 0.0946 e. The molecule has 2 atom stereocenters. The van der Waals surface area contributed by atoms with Crippen LogP contribution < -0.4 is 0 Å². The number of hydrogen-bond donors (Lipinski definition) is 0. The number of allylic oxidation sites excluding steroid dienone is 1. The SMILES string of the molecule is C=C(c1ccccc1)C(CC(C)c1ccccc1)c1ccccc1. The van der Waals surface area contributed by atoms with E-state index in [2.05, 4.69) is 104 Å². The van der Waals surface area contributed by atoms with E-state index in [0.29, 0.717) is 11.8 Å². The lowest BCUT2D eigenvalue weighted by molar-refractivity contribution is 0.638. The molecular formula is C24H24. The maximum atomic E-state index is 4.45. The molecule has 0 aromatic heterocycles. The molecule has 0 spiro atoms. The van der Waals surface area contributed by atoms with Crippen LogP contribution in [0.5, 0.6) is 0 Å². The van der Waals surface area contributed by atoms with Gasteiger partial charge >= 0.3 is 0 Å². The summed E-state index contributed by atoms with van der Waals surface area (Å²) in [5.41, 5.74) is 5.16. The number of benzene rings is 3. The molecule has 0 aliphatic rings. The molecule has 0 fully saturated rings. The highest BCUT2D eigenvalue weighted by atomic mass is 14.2. The van der Waals surface area contributed by atoms with Crippen molar-refractivity contribution >= 4 is 5.57 Å². The van der Waals surface area contributed by atoms with Gasteiger partial charge in [0.25, 0.3) is 0 Å². The molecule has 0 aliphatic carbocycles. The Balaban J connectivity index is 1.90. The summed E-state index contributed by atoms with van der Waals surface area (Å²) < 4.78 is 0. The topological polar surface area (TPSA) is 0 Å². The van der Waals surface area contributed by atoms with E-state index < -0.39 is 0 Å². The highest BCUT2D eigenvalue weighted by Gasteiger charge is 2.20. The van der Waals surface area contributed by atoms with Crippen LogP contribution in [0.3, 0.4) is 0 Å². The van der Waals surface area contributed by atoms with Crippen molar-refractivity contribution in [2.75, 3.05) is 0 Å². The second-order valence-electron chi connectivity index (χ2n) is 6.40. The zero-order chi connectivity index (χ0) is 16.8. The standard InChI is InChI=1S/C24H24/c1-19(21-12-6-3-7-13-21)18-24(23-16-10-5-11-17-23)20(2)22-14-8-4-9-15-22/h3-17,19,24H,2,18H2,1H3. The maximum absolute atomic E-state index is 4.45. The minimum absolute atomic E-state index is 0.323. The van der Waals surface area contributed by atoms with Crippen LogP contribution in [0.4, 0.5) is 0 Å². The summed E-state index contributed by atoms with van der Waals surface area (Å²) in [6.07, 6.45) is 1.06. The van der Waals surface area contributed by atoms with Gasteiger partial charge in [-0.1, -0.05) is 104 Å². The van der Waals surface area contributed by atoms with Gasteiger partial charge in [-0.3, -0.25) is 0 Å². The molecule has 0 heterocycles. The molecule has 0 aliphatic heterocycles. The summed E-state index contributed by atoms with van der Waals surface area (Å²) in [6.45, 7) is 6.76. The maximum Gasteiger partial charge on any atom is 0.00951 e. The van der Waals surface area contributed by atoms with Crippen molar-refractivity contribution in [1.29, 1.82) is 0 Å². The Labute approximate surface area is 145 Å². The smallest absolute Gasteiger partial charge is 0.00951 e. The second kappa shape index (κ2) is 7.79. The van der Waals surface area contributed by atoms with Gasteiger partial charge in [0.1, 0.15) is 0 Å². The van der Waals surface area contributed by atoms with Crippen molar-refractivity contribution in [3.63, 3.8) is 0 Å². The van der Waals surface area contributed by atoms with E-state index in [0.717, 1.165) is 6.42 Å². The molecule has 0 amide bonds. The molecule has 2 unspecified atom stereocenters. The molecule has 0 nitrogen and oxygen atoms in total. The first kappa shape index (κ1) is 16.3. The Kier molecular flexibility index (Phi) is 5.28. The minimum atomic E-state index is 0.323. The summed E-state index contributed by atoms with van der Waals surface area (Å²) >= 11 is 0. The predicted octanol–water partition coefficient (Wildman–Crippen LogP) is 6.68. The lowest BCUT2D eigenvalue weighted by Crippen LogP contribution is -2.06. The van der Waals surface area contributed by atoms with Crippen LogP contribution in [0.1, 0.15) is 41.9 Å². The summed E-state index contributed by atoms with van der Waals surface area (Å²) in [5, 5.41) is 0. The molecule has 24 heavy (non-hydrogen) atoms. The fraction of sp³-hybridized carbons (Fsp3) is 0.167. The normalized spacial score (nSPS) is 13.2. The molecule has 3 rings (SSSR count). The van der Waals surface area contributed by atoms with Crippen LogP contribution in [0.25, 0.3) is 5.57 Å². The Bertz CT molecular complexity index is 757. The van der Waals surface area contributed by atoms with Crippen LogP contribution in [0.15, 0.2) is 97.6 Å². The molecule has 0 saturated heterocycles. The predicted molar refractivity (Wildman–Crippen MR) is 104 cm³/mol. The van der Waals surface area contributed by atoms with Gasteiger partial charge in [0, 0.05) is 5.92 Å². The van der Waals surface area contributed by atoms with Gasteiger partial charge in [-0.15, -0.1) is 0 Å². The fourth-order valence-electron chi connectivity index (χ4n) is 3.29. The number of rotatable bonds is 6. The molecule has 0 bridgehead atoms. The lowest BCUT2D eigenvalue weighted by atomic mass is 9.80. The third kappa shape index (κ3) is 3.83. The van der Waals surface area contributed by atoms with Crippen LogP contribution in [-0.2, 0) is 0 Å². The van der Waals surface area contributed by atoms with Gasteiger partial charge in [-0.2, -0.15) is 0 Å². The van der Waals surface area contributed by atoms with Gasteiger partial charge in [0.05, 0.1) is 0 Å². The van der Waals surface area contributed by atoms with Gasteiger partial charge < -0.3 is 0 Å². The van der Waals surface area contributed by atoms with Crippen LogP contribution in [0, 0.1) is 0 Å². The first-order valence-corrected chi connectivity index (χ1v) is 8.60. The molecule has 120 valence electrons. The second-order valence-corrected chi connectivity index (χ2v) is 6.40. The van der Waals surface area contributed by atoms with E-state index >= 15 is 0 Å². The summed E-state index contributed by atoms with van der Waals surface area (Å²) in [5.74, 6) is 0.806. The zero-order valence-electron chi connectivity index (χ0n) is 14.2. The van der Waals surface area contributed by atoms with Gasteiger partial charge in [-0.05, 0) is 34.6 Å². The minimum Gasteiger partial charge on any atom is -0.0946 e.